The number of amides is 1. The lowest BCUT2D eigenvalue weighted by atomic mass is 10.0. The number of nitrogens with zero attached hydrogens (tertiary/aromatic N) is 1. The average Bonchev–Trinajstić information content (AvgIpc) is 3.24. The fourth-order valence-electron chi connectivity index (χ4n) is 6.29. The molecule has 62 heavy (non-hydrogen) atoms. The number of benzene rings is 1. The molecule has 1 aromatic heterocycles. The highest BCUT2D eigenvalue weighted by atomic mass is 32.2. The molecule has 16 nitrogen and oxygen atoms in total. The predicted molar refractivity (Wildman–Crippen MR) is 235 cm³/mol. The molecule has 2 rings (SSSR count). The first kappa shape index (κ1) is 54.0. The highest BCUT2D eigenvalue weighted by Gasteiger charge is 2.16. The second-order valence-corrected chi connectivity index (χ2v) is 16.8. The van der Waals surface area contributed by atoms with E-state index in [4.69, 9.17) is 33.9 Å². The van der Waals surface area contributed by atoms with Crippen molar-refractivity contribution in [3.8, 4) is 5.75 Å². The van der Waals surface area contributed by atoms with Crippen LogP contribution < -0.4 is 14.8 Å². The molecule has 0 aliphatic heterocycles. The van der Waals surface area contributed by atoms with E-state index in [2.05, 4.69) is 15.0 Å². The lowest BCUT2D eigenvalue weighted by molar-refractivity contribution is -0.143. The maximum Gasteiger partial charge on any atom is 0.329 e. The van der Waals surface area contributed by atoms with Gasteiger partial charge in [0.05, 0.1) is 50.1 Å². The Morgan fingerprint density at radius 1 is 0.532 bits per heavy atom. The number of rotatable bonds is 42. The molecule has 1 heterocycles. The molecular weight excluding hydrogens is 823 g/mol. The van der Waals surface area contributed by atoms with E-state index in [9.17, 15) is 27.6 Å². The molecule has 2 aromatic rings. The number of nitrogens with one attached hydrogen (secondary N) is 2. The first-order valence-corrected chi connectivity index (χ1v) is 23.8. The molecular formula is C45H71N3O13S. The Morgan fingerprint density at radius 2 is 1.06 bits per heavy atom. The fourth-order valence-corrected chi connectivity index (χ4v) is 7.30. The maximum absolute atomic E-state index is 13.0. The Bertz CT molecular complexity index is 1610. The van der Waals surface area contributed by atoms with Crippen LogP contribution in [-0.2, 0) is 43.4 Å². The van der Waals surface area contributed by atoms with E-state index in [1.54, 1.807) is 12.1 Å². The van der Waals surface area contributed by atoms with E-state index in [1.807, 2.05) is 0 Å². The van der Waals surface area contributed by atoms with Crippen LogP contribution in [0.1, 0.15) is 139 Å². The van der Waals surface area contributed by atoms with Crippen LogP contribution in [-0.4, -0.2) is 113 Å². The van der Waals surface area contributed by atoms with Crippen molar-refractivity contribution >= 4 is 39.5 Å². The van der Waals surface area contributed by atoms with Crippen molar-refractivity contribution < 1.29 is 61.5 Å². The standard InChI is InChI=1S/C45H71N3O13S/c49-39(19-18-28-57-31-34-60-37-44(52)53)36-59-33-32-58-30-27-46-45(54)38-21-26-42(47-35-38)48-62(55,56)41-24-22-40(23-25-41)61-29-17-15-13-11-9-7-5-3-1-2-4-6-8-10-12-14-16-20-43(50)51/h21-26,35H,1-20,27-34,36-37H2,(H,46,54)(H,47,48)(H,50,51)(H,52,53). The quantitative estimate of drug-likeness (QED) is 0.0471. The van der Waals surface area contributed by atoms with Crippen molar-refractivity contribution in [3.63, 3.8) is 0 Å². The van der Waals surface area contributed by atoms with Gasteiger partial charge in [0.1, 0.15) is 24.8 Å². The Morgan fingerprint density at radius 3 is 1.61 bits per heavy atom. The zero-order valence-electron chi connectivity index (χ0n) is 36.5. The summed E-state index contributed by atoms with van der Waals surface area (Å²) in [6, 6.07) is 9.12. The molecule has 350 valence electrons. The van der Waals surface area contributed by atoms with Crippen LogP contribution in [0.2, 0.25) is 0 Å². The smallest absolute Gasteiger partial charge is 0.329 e. The molecule has 1 amide bonds. The van der Waals surface area contributed by atoms with Gasteiger partial charge in [0.25, 0.3) is 15.9 Å². The third-order valence-electron chi connectivity index (χ3n) is 9.71. The first-order valence-electron chi connectivity index (χ1n) is 22.3. The molecule has 17 heteroatoms. The van der Waals surface area contributed by atoms with E-state index in [0.717, 1.165) is 32.1 Å². The van der Waals surface area contributed by atoms with Gasteiger partial charge in [-0.3, -0.25) is 19.1 Å². The SMILES string of the molecule is O=C(O)CCCCCCCCCCCCCCCCCCCOc1ccc(S(=O)(=O)Nc2ccc(C(=O)NCCOCCOCC(=O)CCCOCCOCC(=O)O)cn2)cc1. The largest absolute Gasteiger partial charge is 0.494 e. The van der Waals surface area contributed by atoms with Gasteiger partial charge in [0.15, 0.2) is 5.78 Å². The second kappa shape index (κ2) is 35.3. The van der Waals surface area contributed by atoms with Crippen LogP contribution in [0.15, 0.2) is 47.5 Å². The van der Waals surface area contributed by atoms with E-state index in [0.29, 0.717) is 38.2 Å². The van der Waals surface area contributed by atoms with Crippen molar-refractivity contribution in [2.75, 3.05) is 70.7 Å². The molecule has 1 aromatic carbocycles. The summed E-state index contributed by atoms with van der Waals surface area (Å²) in [4.78, 5) is 49.4. The van der Waals surface area contributed by atoms with E-state index < -0.39 is 27.9 Å². The molecule has 0 aliphatic carbocycles. The lowest BCUT2D eigenvalue weighted by Crippen LogP contribution is -2.28. The Kier molecular flexibility index (Phi) is 30.7. The van der Waals surface area contributed by atoms with Gasteiger partial charge in [0, 0.05) is 32.2 Å². The minimum absolute atomic E-state index is 0.0455. The summed E-state index contributed by atoms with van der Waals surface area (Å²) in [7, 11) is -3.91. The minimum Gasteiger partial charge on any atom is -0.494 e. The Balaban J connectivity index is 1.45. The molecule has 0 atom stereocenters. The minimum atomic E-state index is -3.91. The predicted octanol–water partition coefficient (Wildman–Crippen LogP) is 7.60. The summed E-state index contributed by atoms with van der Waals surface area (Å²) < 4.78 is 55.0. The topological polar surface area (TPSA) is 226 Å². The van der Waals surface area contributed by atoms with Crippen LogP contribution in [0.25, 0.3) is 0 Å². The number of hydrogen-bond donors (Lipinski definition) is 4. The van der Waals surface area contributed by atoms with Crippen molar-refractivity contribution in [1.82, 2.24) is 10.3 Å². The molecule has 0 bridgehead atoms. The number of aromatic nitrogens is 1. The number of ketones is 1. The third-order valence-corrected chi connectivity index (χ3v) is 11.1. The zero-order chi connectivity index (χ0) is 44.9. The number of carbonyl (C=O) groups is 4. The third kappa shape index (κ3) is 29.2. The summed E-state index contributed by atoms with van der Waals surface area (Å²) in [5, 5.41) is 19.8. The number of hydrogen-bond acceptors (Lipinski definition) is 12. The molecule has 0 spiro atoms. The second-order valence-electron chi connectivity index (χ2n) is 15.1. The van der Waals surface area contributed by atoms with Crippen LogP contribution in [0.3, 0.4) is 0 Å². The number of ether oxygens (including phenoxy) is 5. The number of aliphatic carboxylic acids is 2. The van der Waals surface area contributed by atoms with Crippen molar-refractivity contribution in [3.05, 3.63) is 48.2 Å². The number of anilines is 1. The van der Waals surface area contributed by atoms with Crippen molar-refractivity contribution in [1.29, 1.82) is 0 Å². The van der Waals surface area contributed by atoms with Gasteiger partial charge >= 0.3 is 11.9 Å². The first-order chi connectivity index (χ1) is 30.1. The molecule has 0 fully saturated rings. The molecule has 4 N–H and O–H groups in total. The normalized spacial score (nSPS) is 11.4. The maximum atomic E-state index is 13.0. The molecule has 0 radical (unpaired) electrons. The summed E-state index contributed by atoms with van der Waals surface area (Å²) in [5.41, 5.74) is 0.248. The van der Waals surface area contributed by atoms with Gasteiger partial charge in [-0.15, -0.1) is 0 Å². The number of pyridine rings is 1. The summed E-state index contributed by atoms with van der Waals surface area (Å²) in [6.07, 6.45) is 22.7. The highest BCUT2D eigenvalue weighted by molar-refractivity contribution is 7.92. The number of unbranched alkanes of at least 4 members (excludes halogenated alkanes) is 16. The van der Waals surface area contributed by atoms with Gasteiger partial charge in [-0.25, -0.2) is 18.2 Å². The number of carboxylic acids is 2. The van der Waals surface area contributed by atoms with E-state index in [-0.39, 0.29) is 74.9 Å². The van der Waals surface area contributed by atoms with Gasteiger partial charge in [-0.05, 0) is 55.7 Å². The summed E-state index contributed by atoms with van der Waals surface area (Å²) in [6.45, 7) is 1.83. The van der Waals surface area contributed by atoms with E-state index in [1.165, 1.54) is 108 Å². The number of sulfonamides is 1. The van der Waals surface area contributed by atoms with Crippen LogP contribution >= 0.6 is 0 Å². The van der Waals surface area contributed by atoms with Crippen LogP contribution in [0.4, 0.5) is 5.82 Å². The van der Waals surface area contributed by atoms with Crippen LogP contribution in [0.5, 0.6) is 5.75 Å². The zero-order valence-corrected chi connectivity index (χ0v) is 37.3. The van der Waals surface area contributed by atoms with E-state index >= 15 is 0 Å². The summed E-state index contributed by atoms with van der Waals surface area (Å²) >= 11 is 0. The molecule has 0 aliphatic rings. The van der Waals surface area contributed by atoms with Gasteiger partial charge in [-0.2, -0.15) is 0 Å². The number of Topliss-reactive ketones (excluding diaryl/α,β-unsaturated/α-hetero) is 1. The van der Waals surface area contributed by atoms with Crippen LogP contribution in [0, 0.1) is 0 Å². The van der Waals surface area contributed by atoms with Crippen molar-refractivity contribution in [2.24, 2.45) is 0 Å². The van der Waals surface area contributed by atoms with Gasteiger partial charge < -0.3 is 39.2 Å². The Labute approximate surface area is 368 Å². The van der Waals surface area contributed by atoms with Gasteiger partial charge in [0.2, 0.25) is 0 Å². The summed E-state index contributed by atoms with van der Waals surface area (Å²) in [5.74, 6) is -1.53. The number of carboxylic acid groups (broad SMARTS) is 2. The molecule has 0 saturated heterocycles. The highest BCUT2D eigenvalue weighted by Crippen LogP contribution is 2.20. The average molecular weight is 894 g/mol. The number of carbonyl (C=O) groups excluding carboxylic acids is 2. The molecule has 0 unspecified atom stereocenters. The molecule has 0 saturated carbocycles. The van der Waals surface area contributed by atoms with Crippen molar-refractivity contribution in [2.45, 2.75) is 133 Å². The monoisotopic (exact) mass is 893 g/mol. The van der Waals surface area contributed by atoms with Gasteiger partial charge in [-0.1, -0.05) is 96.3 Å². The Hall–Kier alpha value is -4.16. The fraction of sp³-hybridized carbons (Fsp3) is 0.667. The lowest BCUT2D eigenvalue weighted by Gasteiger charge is -2.10.